The highest BCUT2D eigenvalue weighted by Crippen LogP contribution is 2.01. The second kappa shape index (κ2) is 4.57. The average Bonchev–Trinajstić information content (AvgIpc) is 2.19. The standard InChI is InChI=1S/C9H12N2O2/c1-13-9(12)4-7-2-3-8(5-10)11-6-7/h2-3,6H,4-5,10H2,1H3. The number of aromatic nitrogens is 1. The van der Waals surface area contributed by atoms with Gasteiger partial charge in [0.05, 0.1) is 19.2 Å². The summed E-state index contributed by atoms with van der Waals surface area (Å²) in [7, 11) is 1.37. The van der Waals surface area contributed by atoms with Crippen molar-refractivity contribution in [1.29, 1.82) is 0 Å². The molecule has 4 heteroatoms. The van der Waals surface area contributed by atoms with Gasteiger partial charge in [-0.3, -0.25) is 9.78 Å². The van der Waals surface area contributed by atoms with Crippen molar-refractivity contribution in [2.45, 2.75) is 13.0 Å². The highest BCUT2D eigenvalue weighted by Gasteiger charge is 2.02. The molecule has 0 fully saturated rings. The molecule has 13 heavy (non-hydrogen) atoms. The van der Waals surface area contributed by atoms with Crippen LogP contribution in [0.25, 0.3) is 0 Å². The summed E-state index contributed by atoms with van der Waals surface area (Å²) in [5.74, 6) is -0.262. The number of pyridine rings is 1. The highest BCUT2D eigenvalue weighted by atomic mass is 16.5. The Labute approximate surface area is 76.7 Å². The first-order valence-corrected chi connectivity index (χ1v) is 3.97. The molecular formula is C9H12N2O2. The first kappa shape index (κ1) is 9.67. The fourth-order valence-electron chi connectivity index (χ4n) is 0.919. The zero-order chi connectivity index (χ0) is 9.68. The van der Waals surface area contributed by atoms with Crippen molar-refractivity contribution >= 4 is 5.97 Å². The Kier molecular flexibility index (Phi) is 3.40. The van der Waals surface area contributed by atoms with Crippen molar-refractivity contribution in [2.24, 2.45) is 5.73 Å². The maximum absolute atomic E-state index is 10.9. The van der Waals surface area contributed by atoms with Crippen molar-refractivity contribution in [1.82, 2.24) is 4.98 Å². The van der Waals surface area contributed by atoms with Crippen LogP contribution in [0.3, 0.4) is 0 Å². The summed E-state index contributed by atoms with van der Waals surface area (Å²) in [5.41, 5.74) is 7.02. The number of hydrogen-bond donors (Lipinski definition) is 1. The van der Waals surface area contributed by atoms with Crippen LogP contribution in [-0.2, 0) is 22.5 Å². The largest absolute Gasteiger partial charge is 0.469 e. The second-order valence-electron chi connectivity index (χ2n) is 2.61. The smallest absolute Gasteiger partial charge is 0.310 e. The van der Waals surface area contributed by atoms with Gasteiger partial charge in [-0.25, -0.2) is 0 Å². The van der Waals surface area contributed by atoms with Gasteiger partial charge in [0.15, 0.2) is 0 Å². The molecule has 0 aliphatic heterocycles. The fourth-order valence-corrected chi connectivity index (χ4v) is 0.919. The number of hydrogen-bond acceptors (Lipinski definition) is 4. The van der Waals surface area contributed by atoms with E-state index in [9.17, 15) is 4.79 Å². The number of carbonyl (C=O) groups excluding carboxylic acids is 1. The lowest BCUT2D eigenvalue weighted by Gasteiger charge is -2.00. The predicted molar refractivity (Wildman–Crippen MR) is 47.8 cm³/mol. The Morgan fingerprint density at radius 2 is 2.38 bits per heavy atom. The van der Waals surface area contributed by atoms with Crippen LogP contribution in [0.4, 0.5) is 0 Å². The molecule has 0 unspecified atom stereocenters. The highest BCUT2D eigenvalue weighted by molar-refractivity contribution is 5.72. The molecule has 0 spiro atoms. The molecule has 1 aromatic heterocycles. The molecular weight excluding hydrogens is 168 g/mol. The van der Waals surface area contributed by atoms with E-state index in [0.717, 1.165) is 11.3 Å². The van der Waals surface area contributed by atoms with Crippen LogP contribution in [0.15, 0.2) is 18.3 Å². The molecule has 0 aliphatic carbocycles. The van der Waals surface area contributed by atoms with E-state index < -0.39 is 0 Å². The van der Waals surface area contributed by atoms with Crippen molar-refractivity contribution < 1.29 is 9.53 Å². The number of methoxy groups -OCH3 is 1. The maximum Gasteiger partial charge on any atom is 0.310 e. The van der Waals surface area contributed by atoms with Gasteiger partial charge in [-0.1, -0.05) is 6.07 Å². The van der Waals surface area contributed by atoms with Crippen LogP contribution in [0.1, 0.15) is 11.3 Å². The summed E-state index contributed by atoms with van der Waals surface area (Å²) in [6, 6.07) is 3.63. The number of ether oxygens (including phenoxy) is 1. The third kappa shape index (κ3) is 2.83. The van der Waals surface area contributed by atoms with Gasteiger partial charge < -0.3 is 10.5 Å². The summed E-state index contributed by atoms with van der Waals surface area (Å²) in [4.78, 5) is 14.9. The number of nitrogens with zero attached hydrogens (tertiary/aromatic N) is 1. The Hall–Kier alpha value is -1.42. The maximum atomic E-state index is 10.9. The minimum Gasteiger partial charge on any atom is -0.469 e. The van der Waals surface area contributed by atoms with Gasteiger partial charge in [-0.2, -0.15) is 0 Å². The van der Waals surface area contributed by atoms with Gasteiger partial charge >= 0.3 is 5.97 Å². The van der Waals surface area contributed by atoms with Crippen molar-refractivity contribution in [3.8, 4) is 0 Å². The minimum absolute atomic E-state index is 0.258. The topological polar surface area (TPSA) is 65.2 Å². The molecule has 0 radical (unpaired) electrons. The Morgan fingerprint density at radius 1 is 1.62 bits per heavy atom. The Bertz CT molecular complexity index is 282. The molecule has 0 aromatic carbocycles. The van der Waals surface area contributed by atoms with E-state index in [1.165, 1.54) is 7.11 Å². The van der Waals surface area contributed by atoms with E-state index in [2.05, 4.69) is 9.72 Å². The van der Waals surface area contributed by atoms with E-state index >= 15 is 0 Å². The molecule has 2 N–H and O–H groups in total. The molecule has 1 rings (SSSR count). The van der Waals surface area contributed by atoms with E-state index in [-0.39, 0.29) is 12.4 Å². The van der Waals surface area contributed by atoms with Crippen LogP contribution in [-0.4, -0.2) is 18.1 Å². The number of rotatable bonds is 3. The molecule has 0 saturated carbocycles. The Morgan fingerprint density at radius 3 is 2.85 bits per heavy atom. The second-order valence-corrected chi connectivity index (χ2v) is 2.61. The summed E-state index contributed by atoms with van der Waals surface area (Å²) in [5, 5.41) is 0. The molecule has 1 heterocycles. The van der Waals surface area contributed by atoms with E-state index in [1.54, 1.807) is 12.3 Å². The summed E-state index contributed by atoms with van der Waals surface area (Å²) in [6.45, 7) is 0.415. The van der Waals surface area contributed by atoms with Gasteiger partial charge in [0.2, 0.25) is 0 Å². The summed E-state index contributed by atoms with van der Waals surface area (Å²) >= 11 is 0. The predicted octanol–water partition coefficient (Wildman–Crippen LogP) is 0.256. The molecule has 0 saturated heterocycles. The monoisotopic (exact) mass is 180 g/mol. The normalized spacial score (nSPS) is 9.69. The van der Waals surface area contributed by atoms with Gasteiger partial charge in [-0.05, 0) is 11.6 Å². The van der Waals surface area contributed by atoms with E-state index in [0.29, 0.717) is 6.54 Å². The third-order valence-corrected chi connectivity index (χ3v) is 1.67. The first-order chi connectivity index (χ1) is 6.26. The lowest BCUT2D eigenvalue weighted by atomic mass is 10.2. The van der Waals surface area contributed by atoms with Crippen molar-refractivity contribution in [3.63, 3.8) is 0 Å². The SMILES string of the molecule is COC(=O)Cc1ccc(CN)nc1. The van der Waals surface area contributed by atoms with Crippen LogP contribution in [0, 0.1) is 0 Å². The zero-order valence-electron chi connectivity index (χ0n) is 7.49. The molecule has 0 atom stereocenters. The van der Waals surface area contributed by atoms with Gasteiger partial charge in [-0.15, -0.1) is 0 Å². The molecule has 4 nitrogen and oxygen atoms in total. The van der Waals surface area contributed by atoms with Crippen LogP contribution >= 0.6 is 0 Å². The number of esters is 1. The van der Waals surface area contributed by atoms with Crippen LogP contribution in [0.5, 0.6) is 0 Å². The molecule has 70 valence electrons. The van der Waals surface area contributed by atoms with E-state index in [1.807, 2.05) is 6.07 Å². The van der Waals surface area contributed by atoms with E-state index in [4.69, 9.17) is 5.73 Å². The lowest BCUT2D eigenvalue weighted by molar-refractivity contribution is -0.139. The fraction of sp³-hybridized carbons (Fsp3) is 0.333. The van der Waals surface area contributed by atoms with Gasteiger partial charge in [0, 0.05) is 12.7 Å². The quantitative estimate of drug-likeness (QED) is 0.677. The summed E-state index contributed by atoms with van der Waals surface area (Å²) in [6.07, 6.45) is 1.90. The van der Waals surface area contributed by atoms with Crippen LogP contribution < -0.4 is 5.73 Å². The third-order valence-electron chi connectivity index (χ3n) is 1.67. The minimum atomic E-state index is -0.262. The van der Waals surface area contributed by atoms with Crippen molar-refractivity contribution in [2.75, 3.05) is 7.11 Å². The van der Waals surface area contributed by atoms with Crippen LogP contribution in [0.2, 0.25) is 0 Å². The summed E-state index contributed by atoms with van der Waals surface area (Å²) < 4.78 is 4.52. The zero-order valence-corrected chi connectivity index (χ0v) is 7.49. The van der Waals surface area contributed by atoms with Crippen molar-refractivity contribution in [3.05, 3.63) is 29.6 Å². The molecule has 0 aliphatic rings. The number of nitrogens with two attached hydrogens (primary N) is 1. The molecule has 0 amide bonds. The first-order valence-electron chi connectivity index (χ1n) is 3.97. The number of carbonyl (C=O) groups is 1. The average molecular weight is 180 g/mol. The Balaban J connectivity index is 2.64. The van der Waals surface area contributed by atoms with Gasteiger partial charge in [0.25, 0.3) is 0 Å². The lowest BCUT2D eigenvalue weighted by Crippen LogP contribution is -2.06. The molecule has 1 aromatic rings. The van der Waals surface area contributed by atoms with Gasteiger partial charge in [0.1, 0.15) is 0 Å². The molecule has 0 bridgehead atoms.